The number of hydrogen-bond donors (Lipinski definition) is 1. The van der Waals surface area contributed by atoms with Crippen LogP contribution in [0.5, 0.6) is 0 Å². The van der Waals surface area contributed by atoms with Crippen LogP contribution < -0.4 is 0 Å². The highest BCUT2D eigenvalue weighted by Gasteiger charge is 2.13. The zero-order valence-electron chi connectivity index (χ0n) is 12.0. The van der Waals surface area contributed by atoms with Crippen molar-refractivity contribution in [3.63, 3.8) is 0 Å². The second-order valence-corrected chi connectivity index (χ2v) is 11.6. The molecule has 0 aliphatic heterocycles. The second-order valence-electron chi connectivity index (χ2n) is 5.93. The van der Waals surface area contributed by atoms with Gasteiger partial charge in [-0.15, -0.1) is 0 Å². The molecule has 0 aliphatic carbocycles. The monoisotopic (exact) mass is 293 g/mol. The minimum atomic E-state index is -1.09. The first-order chi connectivity index (χ1) is 9.37. The Hall–Kier alpha value is -1.73. The van der Waals surface area contributed by atoms with Crippen molar-refractivity contribution in [3.8, 4) is 0 Å². The molecule has 108 valence electrons. The average molecular weight is 293 g/mol. The summed E-state index contributed by atoms with van der Waals surface area (Å²) in [5, 5.41) is 13.8. The molecule has 0 atom stereocenters. The van der Waals surface area contributed by atoms with Gasteiger partial charge in [-0.25, -0.2) is 14.5 Å². The summed E-state index contributed by atoms with van der Waals surface area (Å²) < 4.78 is 7.26. The summed E-state index contributed by atoms with van der Waals surface area (Å²) >= 11 is 0. The number of carbonyl (C=O) groups is 1. The van der Waals surface area contributed by atoms with Gasteiger partial charge in [0.05, 0.1) is 11.8 Å². The summed E-state index contributed by atoms with van der Waals surface area (Å²) in [5.74, 6) is -0.987. The molecular formula is C13H19N3O3Si. The van der Waals surface area contributed by atoms with Gasteiger partial charge < -0.3 is 9.84 Å². The number of carboxylic acid groups (broad SMARTS) is 1. The van der Waals surface area contributed by atoms with Gasteiger partial charge in [0.15, 0.2) is 5.65 Å². The van der Waals surface area contributed by atoms with E-state index in [-0.39, 0.29) is 5.56 Å². The van der Waals surface area contributed by atoms with Crippen molar-refractivity contribution in [2.24, 2.45) is 0 Å². The summed E-state index contributed by atoms with van der Waals surface area (Å²) in [5.41, 5.74) is 0.805. The van der Waals surface area contributed by atoms with Gasteiger partial charge in [0.1, 0.15) is 6.73 Å². The van der Waals surface area contributed by atoms with E-state index in [9.17, 15) is 4.79 Å². The van der Waals surface area contributed by atoms with Crippen LogP contribution in [0.4, 0.5) is 0 Å². The quantitative estimate of drug-likeness (QED) is 0.654. The van der Waals surface area contributed by atoms with Crippen molar-refractivity contribution in [1.82, 2.24) is 14.8 Å². The van der Waals surface area contributed by atoms with E-state index in [1.165, 1.54) is 6.20 Å². The SMILES string of the molecule is C[Si](C)(C)CCOCn1ncc2cc(C(=O)O)cnc21. The fraction of sp³-hybridized carbons (Fsp3) is 0.462. The van der Waals surface area contributed by atoms with Crippen molar-refractivity contribution in [2.45, 2.75) is 32.4 Å². The summed E-state index contributed by atoms with van der Waals surface area (Å²) in [6, 6.07) is 2.67. The highest BCUT2D eigenvalue weighted by molar-refractivity contribution is 6.76. The Balaban J connectivity index is 2.03. The maximum Gasteiger partial charge on any atom is 0.337 e. The smallest absolute Gasteiger partial charge is 0.337 e. The first-order valence-electron chi connectivity index (χ1n) is 6.49. The second kappa shape index (κ2) is 5.72. The molecule has 7 heteroatoms. The van der Waals surface area contributed by atoms with Gasteiger partial charge in [-0.1, -0.05) is 19.6 Å². The fourth-order valence-electron chi connectivity index (χ4n) is 1.71. The maximum absolute atomic E-state index is 10.9. The van der Waals surface area contributed by atoms with E-state index < -0.39 is 14.0 Å². The molecule has 0 saturated heterocycles. The molecule has 0 saturated carbocycles. The third-order valence-electron chi connectivity index (χ3n) is 2.93. The van der Waals surface area contributed by atoms with Crippen LogP contribution in [0.2, 0.25) is 25.7 Å². The van der Waals surface area contributed by atoms with E-state index in [0.717, 1.165) is 6.04 Å². The molecule has 20 heavy (non-hydrogen) atoms. The minimum absolute atomic E-state index is 0.164. The molecule has 0 unspecified atom stereocenters. The molecule has 0 radical (unpaired) electrons. The number of hydrogen-bond acceptors (Lipinski definition) is 4. The van der Waals surface area contributed by atoms with E-state index in [1.807, 2.05) is 0 Å². The van der Waals surface area contributed by atoms with Crippen LogP contribution in [0.25, 0.3) is 11.0 Å². The molecule has 1 N–H and O–H groups in total. The highest BCUT2D eigenvalue weighted by Crippen LogP contribution is 2.13. The Morgan fingerprint density at radius 1 is 1.40 bits per heavy atom. The lowest BCUT2D eigenvalue weighted by Crippen LogP contribution is -2.22. The molecule has 6 nitrogen and oxygen atoms in total. The number of pyridine rings is 1. The van der Waals surface area contributed by atoms with Gasteiger partial charge in [-0.2, -0.15) is 5.10 Å². The largest absolute Gasteiger partial charge is 0.478 e. The van der Waals surface area contributed by atoms with Crippen LogP contribution in [0, 0.1) is 0 Å². The number of nitrogens with zero attached hydrogens (tertiary/aromatic N) is 3. The van der Waals surface area contributed by atoms with Crippen LogP contribution >= 0.6 is 0 Å². The number of ether oxygens (including phenoxy) is 1. The van der Waals surface area contributed by atoms with Gasteiger partial charge in [-0.05, 0) is 12.1 Å². The summed E-state index contributed by atoms with van der Waals surface area (Å²) in [7, 11) is -1.09. The molecule has 0 aromatic carbocycles. The van der Waals surface area contributed by atoms with Gasteiger partial charge in [0.2, 0.25) is 0 Å². The van der Waals surface area contributed by atoms with E-state index in [0.29, 0.717) is 24.4 Å². The normalized spacial score (nSPS) is 11.9. The van der Waals surface area contributed by atoms with Crippen molar-refractivity contribution in [3.05, 3.63) is 24.0 Å². The third kappa shape index (κ3) is 3.64. The Kier molecular flexibility index (Phi) is 4.19. The third-order valence-corrected chi connectivity index (χ3v) is 4.64. The zero-order chi connectivity index (χ0) is 14.8. The van der Waals surface area contributed by atoms with E-state index in [1.54, 1.807) is 16.9 Å². The molecule has 2 aromatic rings. The average Bonchev–Trinajstić information content (AvgIpc) is 2.76. The van der Waals surface area contributed by atoms with Crippen LogP contribution in [0.3, 0.4) is 0 Å². The number of aromatic carboxylic acids is 1. The Morgan fingerprint density at radius 2 is 2.15 bits per heavy atom. The topological polar surface area (TPSA) is 77.2 Å². The standard InChI is InChI=1S/C13H19N3O3Si/c1-20(2,3)5-4-19-9-16-12-10(8-15-16)6-11(7-14-12)13(17)18/h6-8H,4-5,9H2,1-3H3,(H,17,18). The maximum atomic E-state index is 10.9. The minimum Gasteiger partial charge on any atom is -0.478 e. The fourth-order valence-corrected chi connectivity index (χ4v) is 2.47. The summed E-state index contributed by atoms with van der Waals surface area (Å²) in [4.78, 5) is 15.0. The molecular weight excluding hydrogens is 274 g/mol. The van der Waals surface area contributed by atoms with Crippen molar-refractivity contribution < 1.29 is 14.6 Å². The Morgan fingerprint density at radius 3 is 2.80 bits per heavy atom. The number of carboxylic acids is 1. The van der Waals surface area contributed by atoms with Crippen molar-refractivity contribution in [1.29, 1.82) is 0 Å². The number of rotatable bonds is 6. The first kappa shape index (κ1) is 14.7. The van der Waals surface area contributed by atoms with Crippen LogP contribution in [-0.4, -0.2) is 40.5 Å². The number of aromatic nitrogens is 3. The molecule has 0 amide bonds. The van der Waals surface area contributed by atoms with Gasteiger partial charge in [0.25, 0.3) is 0 Å². The summed E-state index contributed by atoms with van der Waals surface area (Å²) in [6.07, 6.45) is 2.95. The Bertz CT molecular complexity index is 619. The first-order valence-corrected chi connectivity index (χ1v) is 10.2. The van der Waals surface area contributed by atoms with Crippen LogP contribution in [0.1, 0.15) is 10.4 Å². The molecule has 0 bridgehead atoms. The predicted molar refractivity (Wildman–Crippen MR) is 78.6 cm³/mol. The predicted octanol–water partition coefficient (Wildman–Crippen LogP) is 2.44. The highest BCUT2D eigenvalue weighted by atomic mass is 28.3. The van der Waals surface area contributed by atoms with E-state index >= 15 is 0 Å². The molecule has 2 heterocycles. The molecule has 2 rings (SSSR count). The van der Waals surface area contributed by atoms with Crippen LogP contribution in [-0.2, 0) is 11.5 Å². The van der Waals surface area contributed by atoms with Crippen molar-refractivity contribution >= 4 is 25.1 Å². The van der Waals surface area contributed by atoms with E-state index in [2.05, 4.69) is 29.7 Å². The molecule has 2 aromatic heterocycles. The Labute approximate surface area is 118 Å². The zero-order valence-corrected chi connectivity index (χ0v) is 13.0. The van der Waals surface area contributed by atoms with Crippen molar-refractivity contribution in [2.75, 3.05) is 6.61 Å². The van der Waals surface area contributed by atoms with E-state index in [4.69, 9.17) is 9.84 Å². The number of fused-ring (bicyclic) bond motifs is 1. The lowest BCUT2D eigenvalue weighted by molar-refractivity contribution is 0.0696. The van der Waals surface area contributed by atoms with Gasteiger partial charge in [-0.3, -0.25) is 0 Å². The molecule has 0 spiro atoms. The lowest BCUT2D eigenvalue weighted by Gasteiger charge is -2.15. The molecule has 0 aliphatic rings. The molecule has 0 fully saturated rings. The summed E-state index contributed by atoms with van der Waals surface area (Å²) in [6.45, 7) is 7.95. The van der Waals surface area contributed by atoms with Gasteiger partial charge >= 0.3 is 5.97 Å². The van der Waals surface area contributed by atoms with Crippen LogP contribution in [0.15, 0.2) is 18.5 Å². The lowest BCUT2D eigenvalue weighted by atomic mass is 10.2. The van der Waals surface area contributed by atoms with Gasteiger partial charge in [0, 0.05) is 26.3 Å².